The molecule has 0 heterocycles. The van der Waals surface area contributed by atoms with Crippen LogP contribution < -0.4 is 0 Å². The molecule has 0 saturated carbocycles. The first kappa shape index (κ1) is 23.5. The first-order valence-electron chi connectivity index (χ1n) is 10.8. The van der Waals surface area contributed by atoms with Gasteiger partial charge in [-0.05, 0) is 83.9 Å². The molecule has 1 aliphatic carbocycles. The second-order valence-corrected chi connectivity index (χ2v) is 12.2. The van der Waals surface area contributed by atoms with Crippen LogP contribution in [0, 0.1) is 13.8 Å². The Bertz CT molecular complexity index is 1120. The zero-order chi connectivity index (χ0) is 23.2. The Labute approximate surface area is 186 Å². The maximum atomic E-state index is 13.3. The maximum Gasteiger partial charge on any atom is 0.338 e. The highest BCUT2D eigenvalue weighted by Gasteiger charge is 2.38. The van der Waals surface area contributed by atoms with Gasteiger partial charge in [0, 0.05) is 0 Å². The summed E-state index contributed by atoms with van der Waals surface area (Å²) in [5, 5.41) is 0. The molecule has 0 saturated heterocycles. The lowest BCUT2D eigenvalue weighted by molar-refractivity contribution is 0.0600. The minimum atomic E-state index is -3.45. The number of rotatable bonds is 5. The van der Waals surface area contributed by atoms with Crippen LogP contribution >= 0.6 is 0 Å². The fraction of sp³-hybridized carbons (Fsp3) is 0.500. The van der Waals surface area contributed by atoms with Gasteiger partial charge in [0.25, 0.3) is 0 Å². The van der Waals surface area contributed by atoms with Gasteiger partial charge in [-0.15, -0.1) is 0 Å². The topological polar surface area (TPSA) is 60.4 Å². The van der Waals surface area contributed by atoms with E-state index in [-0.39, 0.29) is 22.6 Å². The third-order valence-corrected chi connectivity index (χ3v) is 8.69. The monoisotopic (exact) mass is 442 g/mol. The fourth-order valence-electron chi connectivity index (χ4n) is 4.62. The lowest BCUT2D eigenvalue weighted by atomic mass is 9.63. The van der Waals surface area contributed by atoms with Crippen molar-refractivity contribution in [2.75, 3.05) is 12.9 Å². The zero-order valence-electron chi connectivity index (χ0n) is 19.8. The molecule has 0 unspecified atom stereocenters. The highest BCUT2D eigenvalue weighted by Crippen LogP contribution is 2.47. The number of benzene rings is 2. The van der Waals surface area contributed by atoms with Gasteiger partial charge in [-0.3, -0.25) is 0 Å². The summed E-state index contributed by atoms with van der Waals surface area (Å²) < 4.78 is 31.4. The number of hydrogen-bond acceptors (Lipinski definition) is 4. The van der Waals surface area contributed by atoms with Crippen LogP contribution in [0.15, 0.2) is 35.2 Å². The van der Waals surface area contributed by atoms with Crippen LogP contribution in [0.25, 0.3) is 0 Å². The van der Waals surface area contributed by atoms with E-state index in [1.54, 1.807) is 12.1 Å². The van der Waals surface area contributed by atoms with Crippen molar-refractivity contribution in [1.29, 1.82) is 0 Å². The van der Waals surface area contributed by atoms with Crippen molar-refractivity contribution in [1.82, 2.24) is 0 Å². The van der Waals surface area contributed by atoms with Crippen molar-refractivity contribution in [2.24, 2.45) is 0 Å². The Kier molecular flexibility index (Phi) is 6.13. The van der Waals surface area contributed by atoms with Crippen molar-refractivity contribution in [3.05, 3.63) is 63.7 Å². The molecule has 0 amide bonds. The predicted molar refractivity (Wildman–Crippen MR) is 125 cm³/mol. The van der Waals surface area contributed by atoms with Gasteiger partial charge < -0.3 is 4.74 Å². The summed E-state index contributed by atoms with van der Waals surface area (Å²) >= 11 is 0. The molecule has 0 spiro atoms. The van der Waals surface area contributed by atoms with Gasteiger partial charge in [-0.2, -0.15) is 0 Å². The molecule has 0 fully saturated rings. The molecule has 2 aromatic rings. The molecule has 5 heteroatoms. The minimum absolute atomic E-state index is 0.0352. The first-order chi connectivity index (χ1) is 14.3. The van der Waals surface area contributed by atoms with E-state index < -0.39 is 9.84 Å². The molecule has 0 aromatic heterocycles. The van der Waals surface area contributed by atoms with Crippen molar-refractivity contribution in [3.63, 3.8) is 0 Å². The molecule has 0 N–H and O–H groups in total. The minimum Gasteiger partial charge on any atom is -0.465 e. The van der Waals surface area contributed by atoms with Crippen LogP contribution in [0.4, 0.5) is 0 Å². The van der Waals surface area contributed by atoms with Gasteiger partial charge >= 0.3 is 5.97 Å². The van der Waals surface area contributed by atoms with Crippen LogP contribution in [-0.4, -0.2) is 27.2 Å². The summed E-state index contributed by atoms with van der Waals surface area (Å²) in [5.41, 5.74) is 5.45. The summed E-state index contributed by atoms with van der Waals surface area (Å²) in [6, 6.07) is 9.41. The standard InChI is InChI=1S/C26H34O4S/c1-17-14-19(8-9-20(17)24(27)30-7)10-13-31(28,29)23-16-22-21(15-18(23)2)25(3,4)11-12-26(22,5)6/h8-9,14-16H,10-13H2,1-7H3. The van der Waals surface area contributed by atoms with Crippen LogP contribution in [0.5, 0.6) is 0 Å². The number of fused-ring (bicyclic) bond motifs is 1. The lowest BCUT2D eigenvalue weighted by Gasteiger charge is -2.42. The third kappa shape index (κ3) is 4.57. The molecule has 0 aliphatic heterocycles. The van der Waals surface area contributed by atoms with Crippen molar-refractivity contribution in [3.8, 4) is 0 Å². The van der Waals surface area contributed by atoms with Crippen LogP contribution in [0.2, 0.25) is 0 Å². The smallest absolute Gasteiger partial charge is 0.338 e. The van der Waals surface area contributed by atoms with Crippen molar-refractivity contribution < 1.29 is 17.9 Å². The molecule has 2 aromatic carbocycles. The lowest BCUT2D eigenvalue weighted by Crippen LogP contribution is -2.34. The summed E-state index contributed by atoms with van der Waals surface area (Å²) in [6.07, 6.45) is 2.54. The van der Waals surface area contributed by atoms with E-state index in [0.29, 0.717) is 16.9 Å². The largest absolute Gasteiger partial charge is 0.465 e. The Morgan fingerprint density at radius 1 is 0.935 bits per heavy atom. The van der Waals surface area contributed by atoms with Gasteiger partial charge in [-0.1, -0.05) is 45.9 Å². The molecule has 31 heavy (non-hydrogen) atoms. The number of ether oxygens (including phenoxy) is 1. The van der Waals surface area contributed by atoms with E-state index in [0.717, 1.165) is 35.1 Å². The van der Waals surface area contributed by atoms with E-state index in [9.17, 15) is 13.2 Å². The Morgan fingerprint density at radius 2 is 1.52 bits per heavy atom. The van der Waals surface area contributed by atoms with E-state index in [4.69, 9.17) is 4.74 Å². The average molecular weight is 443 g/mol. The van der Waals surface area contributed by atoms with Crippen LogP contribution in [0.1, 0.15) is 78.7 Å². The summed E-state index contributed by atoms with van der Waals surface area (Å²) in [7, 11) is -2.09. The highest BCUT2D eigenvalue weighted by molar-refractivity contribution is 7.91. The van der Waals surface area contributed by atoms with Crippen LogP contribution in [-0.2, 0) is 31.8 Å². The van der Waals surface area contributed by atoms with Gasteiger partial charge in [0.1, 0.15) is 0 Å². The number of hydrogen-bond donors (Lipinski definition) is 0. The number of carbonyl (C=O) groups excluding carboxylic acids is 1. The number of esters is 1. The van der Waals surface area contributed by atoms with E-state index >= 15 is 0 Å². The number of carbonyl (C=O) groups is 1. The SMILES string of the molecule is COC(=O)c1ccc(CCS(=O)(=O)c2cc3c(cc2C)C(C)(C)CCC3(C)C)cc1C. The normalized spacial score (nSPS) is 17.1. The first-order valence-corrected chi connectivity index (χ1v) is 12.5. The highest BCUT2D eigenvalue weighted by atomic mass is 32.2. The zero-order valence-corrected chi connectivity index (χ0v) is 20.6. The van der Waals surface area contributed by atoms with Gasteiger partial charge in [-0.25, -0.2) is 13.2 Å². The Balaban J connectivity index is 1.91. The predicted octanol–water partition coefficient (Wildman–Crippen LogP) is 5.46. The van der Waals surface area contributed by atoms with E-state index in [1.165, 1.54) is 12.7 Å². The number of methoxy groups -OCH3 is 1. The number of sulfone groups is 1. The van der Waals surface area contributed by atoms with Gasteiger partial charge in [0.15, 0.2) is 9.84 Å². The summed E-state index contributed by atoms with van der Waals surface area (Å²) in [4.78, 5) is 12.2. The molecule has 4 nitrogen and oxygen atoms in total. The quantitative estimate of drug-likeness (QED) is 0.577. The summed E-state index contributed by atoms with van der Waals surface area (Å²) in [6.45, 7) is 12.6. The molecule has 0 radical (unpaired) electrons. The Hall–Kier alpha value is -2.14. The molecular weight excluding hydrogens is 408 g/mol. The van der Waals surface area contributed by atoms with E-state index in [1.807, 2.05) is 26.0 Å². The molecule has 0 atom stereocenters. The van der Waals surface area contributed by atoms with Crippen LogP contribution in [0.3, 0.4) is 0 Å². The second kappa shape index (κ2) is 8.09. The van der Waals surface area contributed by atoms with Crippen molar-refractivity contribution in [2.45, 2.75) is 76.5 Å². The molecule has 168 valence electrons. The number of aryl methyl sites for hydroxylation is 3. The molecule has 1 aliphatic rings. The second-order valence-electron chi connectivity index (χ2n) is 10.1. The average Bonchev–Trinajstić information content (AvgIpc) is 2.69. The third-order valence-electron chi connectivity index (χ3n) is 6.84. The molecule has 3 rings (SSSR count). The van der Waals surface area contributed by atoms with Crippen molar-refractivity contribution >= 4 is 15.8 Å². The molecular formula is C26H34O4S. The maximum absolute atomic E-state index is 13.3. The summed E-state index contributed by atoms with van der Waals surface area (Å²) in [5.74, 6) is -0.347. The fourth-order valence-corrected chi connectivity index (χ4v) is 6.19. The molecule has 0 bridgehead atoms. The van der Waals surface area contributed by atoms with Gasteiger partial charge in [0.2, 0.25) is 0 Å². The Morgan fingerprint density at radius 3 is 2.06 bits per heavy atom. The van der Waals surface area contributed by atoms with Gasteiger partial charge in [0.05, 0.1) is 23.3 Å². The van der Waals surface area contributed by atoms with E-state index in [2.05, 4.69) is 33.8 Å².